The number of nitrogens with two attached hydrogens (primary N) is 1. The number of benzene rings is 2. The van der Waals surface area contributed by atoms with E-state index in [0.717, 1.165) is 30.6 Å². The van der Waals surface area contributed by atoms with Crippen LogP contribution in [0.15, 0.2) is 67.4 Å². The summed E-state index contributed by atoms with van der Waals surface area (Å²) < 4.78 is 62.5. The van der Waals surface area contributed by atoms with E-state index in [9.17, 15) is 27.5 Å². The van der Waals surface area contributed by atoms with Gasteiger partial charge in [0, 0.05) is 42.7 Å². The SMILES string of the molecule is C=CCn1cc(C(O)(c2ccc([NH2+]c3ccc(F)cc3)c(C=N)c2)C(F)(F)F)cc1C(=O)OCC. The van der Waals surface area contributed by atoms with E-state index < -0.39 is 34.7 Å². The summed E-state index contributed by atoms with van der Waals surface area (Å²) in [4.78, 5) is 12.3. The lowest BCUT2D eigenvalue weighted by atomic mass is 9.86. The highest BCUT2D eigenvalue weighted by Crippen LogP contribution is 2.45. The summed E-state index contributed by atoms with van der Waals surface area (Å²) in [5.41, 5.74) is -3.69. The Balaban J connectivity index is 2.12. The molecule has 0 spiro atoms. The van der Waals surface area contributed by atoms with Crippen LogP contribution >= 0.6 is 0 Å². The minimum atomic E-state index is -5.17. The maximum atomic E-state index is 14.4. The molecule has 1 heterocycles. The molecule has 1 aromatic heterocycles. The van der Waals surface area contributed by atoms with E-state index in [-0.39, 0.29) is 24.4 Å². The Kier molecular flexibility index (Phi) is 7.57. The Hall–Kier alpha value is -3.76. The normalized spacial score (nSPS) is 13.2. The van der Waals surface area contributed by atoms with Crippen molar-refractivity contribution in [3.63, 3.8) is 0 Å². The molecule has 0 saturated heterocycles. The van der Waals surface area contributed by atoms with Gasteiger partial charge < -0.3 is 19.8 Å². The first kappa shape index (κ1) is 25.9. The number of rotatable bonds is 9. The third-order valence-corrected chi connectivity index (χ3v) is 5.39. The van der Waals surface area contributed by atoms with Crippen LogP contribution in [-0.2, 0) is 16.9 Å². The zero-order valence-electron chi connectivity index (χ0n) is 18.8. The highest BCUT2D eigenvalue weighted by Gasteiger charge is 2.57. The number of allylic oxidation sites excluding steroid dienone is 1. The van der Waals surface area contributed by atoms with Crippen LogP contribution in [-0.4, -0.2) is 34.6 Å². The summed E-state index contributed by atoms with van der Waals surface area (Å²) >= 11 is 0. The van der Waals surface area contributed by atoms with Gasteiger partial charge in [-0.3, -0.25) is 5.32 Å². The molecule has 0 aliphatic rings. The number of halogens is 4. The molecular weight excluding hydrogens is 466 g/mol. The number of aliphatic hydroxyl groups is 1. The molecule has 3 aromatic rings. The van der Waals surface area contributed by atoms with Gasteiger partial charge >= 0.3 is 12.1 Å². The van der Waals surface area contributed by atoms with Gasteiger partial charge in [0.2, 0.25) is 5.60 Å². The highest BCUT2D eigenvalue weighted by molar-refractivity contribution is 5.88. The van der Waals surface area contributed by atoms with Crippen molar-refractivity contribution in [1.29, 1.82) is 5.41 Å². The number of esters is 1. The van der Waals surface area contributed by atoms with E-state index in [1.807, 2.05) is 0 Å². The summed E-state index contributed by atoms with van der Waals surface area (Å²) in [6.45, 7) is 5.14. The smallest absolute Gasteiger partial charge is 0.425 e. The van der Waals surface area contributed by atoms with Gasteiger partial charge in [-0.25, -0.2) is 9.18 Å². The van der Waals surface area contributed by atoms with Gasteiger partial charge in [0.05, 0.1) is 12.2 Å². The van der Waals surface area contributed by atoms with E-state index in [4.69, 9.17) is 10.1 Å². The van der Waals surface area contributed by atoms with Crippen LogP contribution in [0.4, 0.5) is 28.9 Å². The second-order valence-corrected chi connectivity index (χ2v) is 7.67. The van der Waals surface area contributed by atoms with Gasteiger partial charge in [0.15, 0.2) is 0 Å². The van der Waals surface area contributed by atoms with E-state index in [2.05, 4.69) is 6.58 Å². The third kappa shape index (κ3) is 5.18. The summed E-state index contributed by atoms with van der Waals surface area (Å²) in [6.07, 6.45) is -1.88. The number of nitrogens with one attached hydrogen (secondary N) is 1. The number of aromatic nitrogens is 1. The largest absolute Gasteiger partial charge is 0.461 e. The predicted octanol–water partition coefficient (Wildman–Crippen LogP) is 4.31. The van der Waals surface area contributed by atoms with Crippen molar-refractivity contribution in [1.82, 2.24) is 4.57 Å². The minimum absolute atomic E-state index is 0.0133. The number of carbonyl (C=O) groups is 1. The van der Waals surface area contributed by atoms with E-state index in [1.54, 1.807) is 12.2 Å². The molecule has 1 unspecified atom stereocenters. The Morgan fingerprint density at radius 2 is 1.86 bits per heavy atom. The number of hydrogen-bond acceptors (Lipinski definition) is 4. The van der Waals surface area contributed by atoms with Crippen molar-refractivity contribution >= 4 is 23.6 Å². The maximum absolute atomic E-state index is 14.4. The lowest BCUT2D eigenvalue weighted by Crippen LogP contribution is -2.71. The zero-order chi connectivity index (χ0) is 25.8. The molecule has 3 rings (SSSR count). The van der Waals surface area contributed by atoms with Crippen LogP contribution in [0.1, 0.15) is 34.1 Å². The fourth-order valence-electron chi connectivity index (χ4n) is 3.66. The molecule has 184 valence electrons. The number of nitrogens with zero attached hydrogens (tertiary/aromatic N) is 1. The van der Waals surface area contributed by atoms with Crippen LogP contribution < -0.4 is 5.32 Å². The zero-order valence-corrected chi connectivity index (χ0v) is 18.8. The fourth-order valence-corrected chi connectivity index (χ4v) is 3.66. The van der Waals surface area contributed by atoms with Crippen molar-refractivity contribution in [2.75, 3.05) is 6.61 Å². The van der Waals surface area contributed by atoms with E-state index in [1.165, 1.54) is 41.0 Å². The molecule has 35 heavy (non-hydrogen) atoms. The number of quaternary nitrogens is 1. The number of hydrogen-bond donors (Lipinski definition) is 3. The molecule has 0 fully saturated rings. The fraction of sp³-hybridized carbons (Fsp3) is 0.200. The lowest BCUT2D eigenvalue weighted by Gasteiger charge is -2.30. The van der Waals surface area contributed by atoms with Crippen LogP contribution in [0, 0.1) is 11.2 Å². The standard InChI is InChI=1S/C25H23F4N3O3/c1-3-11-32-15-18(13-22(32)23(33)35-4-2)24(34,25(27,28)29)17-5-10-21(16(12-17)14-30)31-20-8-6-19(26)7-9-20/h3,5-10,12-15,30-31,34H,1,4,11H2,2H3/p+1. The molecule has 0 bridgehead atoms. The third-order valence-electron chi connectivity index (χ3n) is 5.39. The highest BCUT2D eigenvalue weighted by atomic mass is 19.4. The monoisotopic (exact) mass is 490 g/mol. The Labute approximate surface area is 199 Å². The number of carbonyl (C=O) groups excluding carboxylic acids is 1. The predicted molar refractivity (Wildman–Crippen MR) is 122 cm³/mol. The van der Waals surface area contributed by atoms with Crippen LogP contribution in [0.2, 0.25) is 0 Å². The Morgan fingerprint density at radius 1 is 1.17 bits per heavy atom. The van der Waals surface area contributed by atoms with Crippen molar-refractivity contribution < 1.29 is 37.5 Å². The molecule has 6 nitrogen and oxygen atoms in total. The minimum Gasteiger partial charge on any atom is -0.461 e. The molecule has 0 amide bonds. The first-order chi connectivity index (χ1) is 16.5. The van der Waals surface area contributed by atoms with Crippen molar-refractivity contribution in [2.45, 2.75) is 25.2 Å². The van der Waals surface area contributed by atoms with E-state index >= 15 is 0 Å². The summed E-state index contributed by atoms with van der Waals surface area (Å²) in [5.74, 6) is -1.28. The van der Waals surface area contributed by atoms with Gasteiger partial charge in [0.1, 0.15) is 22.9 Å². The van der Waals surface area contributed by atoms with Crippen LogP contribution in [0.5, 0.6) is 0 Å². The summed E-state index contributed by atoms with van der Waals surface area (Å²) in [5, 5.41) is 20.4. The molecule has 1 atom stereocenters. The molecule has 4 N–H and O–H groups in total. The summed E-state index contributed by atoms with van der Waals surface area (Å²) in [7, 11) is 0. The maximum Gasteiger partial charge on any atom is 0.425 e. The lowest BCUT2D eigenvalue weighted by molar-refractivity contribution is -0.478. The van der Waals surface area contributed by atoms with Gasteiger partial charge in [-0.05, 0) is 42.8 Å². The second kappa shape index (κ2) is 10.2. The Bertz CT molecular complexity index is 1240. The topological polar surface area (TPSA) is 91.9 Å². The van der Waals surface area contributed by atoms with Crippen LogP contribution in [0.25, 0.3) is 0 Å². The second-order valence-electron chi connectivity index (χ2n) is 7.67. The van der Waals surface area contributed by atoms with Gasteiger partial charge in [0.25, 0.3) is 0 Å². The van der Waals surface area contributed by atoms with Gasteiger partial charge in [-0.15, -0.1) is 6.58 Å². The summed E-state index contributed by atoms with van der Waals surface area (Å²) in [6, 6.07) is 9.89. The quantitative estimate of drug-likeness (QED) is 0.137. The molecule has 0 radical (unpaired) electrons. The van der Waals surface area contributed by atoms with Crippen molar-refractivity contribution in [3.8, 4) is 0 Å². The molecule has 0 aliphatic carbocycles. The number of alkyl halides is 3. The van der Waals surface area contributed by atoms with E-state index in [0.29, 0.717) is 11.4 Å². The van der Waals surface area contributed by atoms with Gasteiger partial charge in [-0.2, -0.15) is 13.2 Å². The molecule has 2 aromatic carbocycles. The molecule has 0 saturated carbocycles. The van der Waals surface area contributed by atoms with Crippen molar-refractivity contribution in [3.05, 3.63) is 95.6 Å². The Morgan fingerprint density at radius 3 is 2.43 bits per heavy atom. The number of ether oxygens (including phenoxy) is 1. The molecule has 0 aliphatic heterocycles. The van der Waals surface area contributed by atoms with Crippen LogP contribution in [0.3, 0.4) is 0 Å². The first-order valence-electron chi connectivity index (χ1n) is 10.6. The molecular formula is C25H24F4N3O3+. The average molecular weight is 490 g/mol. The van der Waals surface area contributed by atoms with Gasteiger partial charge in [-0.1, -0.05) is 6.08 Å². The molecule has 10 heteroatoms. The first-order valence-corrected chi connectivity index (χ1v) is 10.6. The average Bonchev–Trinajstić information content (AvgIpc) is 3.24. The van der Waals surface area contributed by atoms with Crippen molar-refractivity contribution in [2.24, 2.45) is 0 Å².